The average Bonchev–Trinajstić information content (AvgIpc) is 2.55. The van der Waals surface area contributed by atoms with E-state index in [-0.39, 0.29) is 0 Å². The normalized spacial score (nSPS) is 16.8. The molecule has 17 heavy (non-hydrogen) atoms. The number of ether oxygens (including phenoxy) is 1. The lowest BCUT2D eigenvalue weighted by atomic mass is 10.0. The van der Waals surface area contributed by atoms with Gasteiger partial charge in [0.15, 0.2) is 0 Å². The van der Waals surface area contributed by atoms with Crippen molar-refractivity contribution < 1.29 is 4.74 Å². The predicted octanol–water partition coefficient (Wildman–Crippen LogP) is 4.71. The van der Waals surface area contributed by atoms with E-state index in [0.29, 0.717) is 6.61 Å². The first kappa shape index (κ1) is 13.6. The summed E-state index contributed by atoms with van der Waals surface area (Å²) in [6.45, 7) is 6.98. The quantitative estimate of drug-likeness (QED) is 0.622. The van der Waals surface area contributed by atoms with Gasteiger partial charge in [-0.3, -0.25) is 0 Å². The maximum atomic E-state index is 5.72. The monoisotopic (exact) mass is 230 g/mol. The van der Waals surface area contributed by atoms with E-state index >= 15 is 0 Å². The van der Waals surface area contributed by atoms with Crippen molar-refractivity contribution in [1.82, 2.24) is 0 Å². The van der Waals surface area contributed by atoms with Gasteiger partial charge in [0.25, 0.3) is 0 Å². The Balaban J connectivity index is 2.67. The van der Waals surface area contributed by atoms with Crippen LogP contribution in [0.4, 0.5) is 0 Å². The molecule has 1 nitrogen and oxygen atoms in total. The van der Waals surface area contributed by atoms with Gasteiger partial charge in [0.05, 0.1) is 0 Å². The second-order valence-electron chi connectivity index (χ2n) is 4.06. The Hall–Kier alpha value is -1.50. The zero-order chi connectivity index (χ0) is 12.5. The highest BCUT2D eigenvalue weighted by Gasteiger charge is 2.06. The summed E-state index contributed by atoms with van der Waals surface area (Å²) in [6.07, 6.45) is 16.6. The van der Waals surface area contributed by atoms with Crippen LogP contribution >= 0.6 is 0 Å². The standard InChI is InChI=1S/C16H22O/c1-4-6-12-17-16-11-8-7-10-15(13-16)14(3)9-5-2/h4,6-11H,5,12-13H2,1-3H3/b6-4+,14-9-. The first-order valence-corrected chi connectivity index (χ1v) is 6.25. The minimum atomic E-state index is 0.653. The molecule has 0 heterocycles. The summed E-state index contributed by atoms with van der Waals surface area (Å²) in [5.41, 5.74) is 2.69. The van der Waals surface area contributed by atoms with Gasteiger partial charge in [-0.2, -0.15) is 0 Å². The van der Waals surface area contributed by atoms with Crippen molar-refractivity contribution in [2.24, 2.45) is 0 Å². The third kappa shape index (κ3) is 4.90. The van der Waals surface area contributed by atoms with Gasteiger partial charge < -0.3 is 4.74 Å². The second kappa shape index (κ2) is 7.72. The van der Waals surface area contributed by atoms with Crippen LogP contribution in [-0.4, -0.2) is 6.61 Å². The summed E-state index contributed by atoms with van der Waals surface area (Å²) in [6, 6.07) is 0. The third-order valence-electron chi connectivity index (χ3n) is 2.67. The molecule has 1 rings (SSSR count). The highest BCUT2D eigenvalue weighted by Crippen LogP contribution is 2.22. The molecule has 1 heteroatoms. The van der Waals surface area contributed by atoms with E-state index in [2.05, 4.69) is 32.1 Å². The van der Waals surface area contributed by atoms with E-state index in [4.69, 9.17) is 4.74 Å². The molecule has 0 aromatic heterocycles. The summed E-state index contributed by atoms with van der Waals surface area (Å²) < 4.78 is 5.72. The molecule has 92 valence electrons. The number of hydrogen-bond donors (Lipinski definition) is 0. The molecular formula is C16H22O. The lowest BCUT2D eigenvalue weighted by molar-refractivity contribution is 0.241. The predicted molar refractivity (Wildman–Crippen MR) is 74.7 cm³/mol. The summed E-state index contributed by atoms with van der Waals surface area (Å²) in [5.74, 6) is 1.03. The molecule has 0 spiro atoms. The van der Waals surface area contributed by atoms with Gasteiger partial charge in [0.2, 0.25) is 0 Å². The fraction of sp³-hybridized carbons (Fsp3) is 0.375. The Morgan fingerprint density at radius 2 is 2.12 bits per heavy atom. The fourth-order valence-electron chi connectivity index (χ4n) is 1.70. The van der Waals surface area contributed by atoms with Gasteiger partial charge in [-0.1, -0.05) is 49.0 Å². The van der Waals surface area contributed by atoms with Gasteiger partial charge >= 0.3 is 0 Å². The number of hydrogen-bond acceptors (Lipinski definition) is 1. The van der Waals surface area contributed by atoms with Crippen molar-refractivity contribution in [2.45, 2.75) is 33.6 Å². The molecule has 0 radical (unpaired) electrons. The zero-order valence-corrected chi connectivity index (χ0v) is 11.1. The third-order valence-corrected chi connectivity index (χ3v) is 2.67. The Bertz CT molecular complexity index is 378. The number of allylic oxidation sites excluding steroid dienone is 8. The van der Waals surface area contributed by atoms with Crippen LogP contribution in [-0.2, 0) is 4.74 Å². The van der Waals surface area contributed by atoms with Crippen LogP contribution in [0.3, 0.4) is 0 Å². The first-order chi connectivity index (χ1) is 8.27. The summed E-state index contributed by atoms with van der Waals surface area (Å²) in [7, 11) is 0. The van der Waals surface area contributed by atoms with Crippen molar-refractivity contribution in [2.75, 3.05) is 6.61 Å². The first-order valence-electron chi connectivity index (χ1n) is 6.25. The summed E-state index contributed by atoms with van der Waals surface area (Å²) >= 11 is 0. The molecule has 0 aliphatic heterocycles. The van der Waals surface area contributed by atoms with Crippen molar-refractivity contribution >= 4 is 0 Å². The highest BCUT2D eigenvalue weighted by molar-refractivity contribution is 5.38. The van der Waals surface area contributed by atoms with Crippen molar-refractivity contribution in [1.29, 1.82) is 0 Å². The van der Waals surface area contributed by atoms with Crippen LogP contribution in [0.25, 0.3) is 0 Å². The SMILES string of the molecule is C/C=C/COC1=CC=CC=C(/C(C)=C\CC)C1. The molecule has 0 aromatic rings. The maximum Gasteiger partial charge on any atom is 0.106 e. The van der Waals surface area contributed by atoms with Crippen LogP contribution in [0.2, 0.25) is 0 Å². The molecule has 1 aliphatic carbocycles. The minimum absolute atomic E-state index is 0.653. The Kier molecular flexibility index (Phi) is 6.16. The molecule has 0 unspecified atom stereocenters. The van der Waals surface area contributed by atoms with E-state index in [1.165, 1.54) is 11.1 Å². The van der Waals surface area contributed by atoms with Gasteiger partial charge in [0.1, 0.15) is 12.4 Å². The molecule has 0 amide bonds. The Morgan fingerprint density at radius 3 is 2.82 bits per heavy atom. The maximum absolute atomic E-state index is 5.72. The van der Waals surface area contributed by atoms with Crippen molar-refractivity contribution in [3.63, 3.8) is 0 Å². The zero-order valence-electron chi connectivity index (χ0n) is 11.1. The van der Waals surface area contributed by atoms with Gasteiger partial charge in [0, 0.05) is 6.42 Å². The highest BCUT2D eigenvalue weighted by atomic mass is 16.5. The van der Waals surface area contributed by atoms with Crippen LogP contribution in [0.1, 0.15) is 33.6 Å². The molecule has 0 atom stereocenters. The van der Waals surface area contributed by atoms with Gasteiger partial charge in [-0.25, -0.2) is 0 Å². The lowest BCUT2D eigenvalue weighted by Gasteiger charge is -2.11. The van der Waals surface area contributed by atoms with E-state index < -0.39 is 0 Å². The molecule has 0 saturated heterocycles. The molecule has 0 N–H and O–H groups in total. The molecule has 1 aliphatic rings. The van der Waals surface area contributed by atoms with Crippen LogP contribution in [0, 0.1) is 0 Å². The van der Waals surface area contributed by atoms with E-state index in [0.717, 1.165) is 18.6 Å². The van der Waals surface area contributed by atoms with Crippen LogP contribution in [0.5, 0.6) is 0 Å². The molecular weight excluding hydrogens is 208 g/mol. The average molecular weight is 230 g/mol. The molecule has 0 aromatic carbocycles. The summed E-state index contributed by atoms with van der Waals surface area (Å²) in [5, 5.41) is 0. The smallest absolute Gasteiger partial charge is 0.106 e. The Morgan fingerprint density at radius 1 is 1.35 bits per heavy atom. The van der Waals surface area contributed by atoms with Gasteiger partial charge in [-0.05, 0) is 31.9 Å². The van der Waals surface area contributed by atoms with E-state index in [9.17, 15) is 0 Å². The van der Waals surface area contributed by atoms with Gasteiger partial charge in [-0.15, -0.1) is 0 Å². The van der Waals surface area contributed by atoms with Crippen molar-refractivity contribution in [3.05, 3.63) is 59.4 Å². The van der Waals surface area contributed by atoms with E-state index in [1.54, 1.807) is 0 Å². The van der Waals surface area contributed by atoms with Crippen LogP contribution < -0.4 is 0 Å². The lowest BCUT2D eigenvalue weighted by Crippen LogP contribution is -1.95. The van der Waals surface area contributed by atoms with E-state index in [1.807, 2.05) is 31.2 Å². The Labute approximate surface area is 105 Å². The fourth-order valence-corrected chi connectivity index (χ4v) is 1.70. The van der Waals surface area contributed by atoms with Crippen LogP contribution in [0.15, 0.2) is 59.4 Å². The number of rotatable bonds is 5. The second-order valence-corrected chi connectivity index (χ2v) is 4.06. The topological polar surface area (TPSA) is 9.23 Å². The largest absolute Gasteiger partial charge is 0.494 e. The molecule has 0 bridgehead atoms. The minimum Gasteiger partial charge on any atom is -0.494 e. The molecule has 0 saturated carbocycles. The van der Waals surface area contributed by atoms with Crippen molar-refractivity contribution in [3.8, 4) is 0 Å². The molecule has 0 fully saturated rings. The summed E-state index contributed by atoms with van der Waals surface area (Å²) in [4.78, 5) is 0.